The molecule has 0 unspecified atom stereocenters. The number of nitrogens with zero attached hydrogens (tertiary/aromatic N) is 2. The van der Waals surface area contributed by atoms with Gasteiger partial charge in [-0.1, -0.05) is 17.8 Å². The zero-order valence-electron chi connectivity index (χ0n) is 13.5. The first-order valence-electron chi connectivity index (χ1n) is 7.63. The van der Waals surface area contributed by atoms with E-state index in [0.717, 1.165) is 17.3 Å². The molecule has 0 radical (unpaired) electrons. The molecule has 2 heterocycles. The molecule has 2 aromatic rings. The summed E-state index contributed by atoms with van der Waals surface area (Å²) in [4.78, 5) is 27.1. The van der Waals surface area contributed by atoms with E-state index in [9.17, 15) is 18.0 Å². The smallest absolute Gasteiger partial charge is 0.281 e. The van der Waals surface area contributed by atoms with E-state index in [1.165, 1.54) is 23.5 Å². The molecule has 0 aliphatic carbocycles. The van der Waals surface area contributed by atoms with E-state index in [2.05, 4.69) is 4.98 Å². The summed E-state index contributed by atoms with van der Waals surface area (Å²) in [7, 11) is -3.72. The molecule has 0 bridgehead atoms. The highest BCUT2D eigenvalue weighted by Gasteiger charge is 2.32. The van der Waals surface area contributed by atoms with Crippen molar-refractivity contribution in [2.45, 2.75) is 18.4 Å². The molecule has 0 spiro atoms. The van der Waals surface area contributed by atoms with Gasteiger partial charge in [-0.05, 0) is 42.3 Å². The van der Waals surface area contributed by atoms with E-state index < -0.39 is 10.0 Å². The molecule has 0 saturated carbocycles. The number of aromatic nitrogens is 1. The van der Waals surface area contributed by atoms with Crippen molar-refractivity contribution >= 4 is 38.4 Å². The first kappa shape index (κ1) is 17.6. The van der Waals surface area contributed by atoms with Gasteiger partial charge in [0.15, 0.2) is 15.9 Å². The van der Waals surface area contributed by atoms with E-state index in [0.29, 0.717) is 24.2 Å². The van der Waals surface area contributed by atoms with Gasteiger partial charge in [-0.2, -0.15) is 8.42 Å². The van der Waals surface area contributed by atoms with E-state index in [-0.39, 0.29) is 21.7 Å². The highest BCUT2D eigenvalue weighted by atomic mass is 32.2. The fraction of sp³-hybridized carbons (Fsp3) is 0.235. The van der Waals surface area contributed by atoms with Gasteiger partial charge in [-0.15, -0.1) is 0 Å². The van der Waals surface area contributed by atoms with Gasteiger partial charge in [0.1, 0.15) is 0 Å². The third kappa shape index (κ3) is 3.59. The summed E-state index contributed by atoms with van der Waals surface area (Å²) in [5.74, 6) is -0.0570. The lowest BCUT2D eigenvalue weighted by Crippen LogP contribution is -2.29. The van der Waals surface area contributed by atoms with Gasteiger partial charge in [-0.25, -0.2) is 4.98 Å². The standard InChI is InChI=1S/C17H16N2O4S2/c1-12(20)24-11-16(21)14-5-6-15-13(10-14)7-9-19(15)25(22,23)17-4-2-3-8-18-17/h2-6,8,10H,7,9,11H2,1H3. The van der Waals surface area contributed by atoms with Crippen LogP contribution in [0, 0.1) is 0 Å². The van der Waals surface area contributed by atoms with Crippen LogP contribution < -0.4 is 4.31 Å². The van der Waals surface area contributed by atoms with Gasteiger partial charge in [0.25, 0.3) is 10.0 Å². The number of hydrogen-bond donors (Lipinski definition) is 0. The Morgan fingerprint density at radius 3 is 2.72 bits per heavy atom. The van der Waals surface area contributed by atoms with Gasteiger partial charge in [-0.3, -0.25) is 13.9 Å². The predicted octanol–water partition coefficient (Wildman–Crippen LogP) is 2.30. The minimum absolute atomic E-state index is 0.000797. The number of ketones is 1. The van der Waals surface area contributed by atoms with Crippen LogP contribution in [0.1, 0.15) is 22.8 Å². The Labute approximate surface area is 150 Å². The number of hydrogen-bond acceptors (Lipinski definition) is 6. The molecule has 6 nitrogen and oxygen atoms in total. The van der Waals surface area contributed by atoms with Crippen LogP contribution in [-0.4, -0.2) is 36.6 Å². The Kier molecular flexibility index (Phi) is 4.91. The number of pyridine rings is 1. The minimum atomic E-state index is -3.72. The largest absolute Gasteiger partial charge is 0.293 e. The van der Waals surface area contributed by atoms with Gasteiger partial charge >= 0.3 is 0 Å². The average molecular weight is 376 g/mol. The monoisotopic (exact) mass is 376 g/mol. The van der Waals surface area contributed by atoms with Crippen LogP contribution in [0.3, 0.4) is 0 Å². The molecule has 1 aromatic heterocycles. The molecular weight excluding hydrogens is 360 g/mol. The Hall–Kier alpha value is -2.19. The van der Waals surface area contributed by atoms with Crippen molar-refractivity contribution in [1.82, 2.24) is 4.98 Å². The number of carbonyl (C=O) groups excluding carboxylic acids is 2. The molecule has 3 rings (SSSR count). The molecule has 1 aromatic carbocycles. The van der Waals surface area contributed by atoms with Gasteiger partial charge < -0.3 is 0 Å². The maximum absolute atomic E-state index is 12.7. The summed E-state index contributed by atoms with van der Waals surface area (Å²) in [6, 6.07) is 9.72. The lowest BCUT2D eigenvalue weighted by molar-refractivity contribution is -0.109. The zero-order chi connectivity index (χ0) is 18.0. The van der Waals surface area contributed by atoms with Gasteiger partial charge in [0.2, 0.25) is 0 Å². The molecule has 0 fully saturated rings. The van der Waals surface area contributed by atoms with Crippen LogP contribution in [0.25, 0.3) is 0 Å². The number of Topliss-reactive ketones (excluding diaryl/α,β-unsaturated/α-hetero) is 1. The maximum atomic E-state index is 12.7. The lowest BCUT2D eigenvalue weighted by Gasteiger charge is -2.19. The van der Waals surface area contributed by atoms with Crippen LogP contribution in [0.4, 0.5) is 5.69 Å². The number of fused-ring (bicyclic) bond motifs is 1. The quantitative estimate of drug-likeness (QED) is 0.745. The predicted molar refractivity (Wildman–Crippen MR) is 96.4 cm³/mol. The first-order valence-corrected chi connectivity index (χ1v) is 10.1. The summed E-state index contributed by atoms with van der Waals surface area (Å²) in [5, 5.41) is -0.108. The van der Waals surface area contributed by atoms with Crippen molar-refractivity contribution in [2.75, 3.05) is 16.6 Å². The van der Waals surface area contributed by atoms with Gasteiger partial charge in [0, 0.05) is 25.2 Å². The summed E-state index contributed by atoms with van der Waals surface area (Å²) in [6.07, 6.45) is 1.97. The number of sulfonamides is 1. The molecule has 0 atom stereocenters. The molecular formula is C17H16N2O4S2. The molecule has 130 valence electrons. The minimum Gasteiger partial charge on any atom is -0.293 e. The van der Waals surface area contributed by atoms with E-state index in [1.807, 2.05) is 0 Å². The third-order valence-electron chi connectivity index (χ3n) is 3.85. The zero-order valence-corrected chi connectivity index (χ0v) is 15.1. The molecule has 1 aliphatic heterocycles. The van der Waals surface area contributed by atoms with Crippen LogP contribution in [0.15, 0.2) is 47.6 Å². The highest BCUT2D eigenvalue weighted by Crippen LogP contribution is 2.33. The Balaban J connectivity index is 1.87. The van der Waals surface area contributed by atoms with Crippen LogP contribution in [0.5, 0.6) is 0 Å². The second kappa shape index (κ2) is 6.97. The fourth-order valence-corrected chi connectivity index (χ4v) is 4.60. The first-order chi connectivity index (χ1) is 11.9. The Morgan fingerprint density at radius 1 is 1.24 bits per heavy atom. The highest BCUT2D eigenvalue weighted by molar-refractivity contribution is 8.14. The lowest BCUT2D eigenvalue weighted by atomic mass is 10.1. The van der Waals surface area contributed by atoms with Crippen molar-refractivity contribution < 1.29 is 18.0 Å². The van der Waals surface area contributed by atoms with E-state index >= 15 is 0 Å². The van der Waals surface area contributed by atoms with Crippen LogP contribution in [-0.2, 0) is 21.2 Å². The molecule has 8 heteroatoms. The fourth-order valence-electron chi connectivity index (χ4n) is 2.66. The van der Waals surface area contributed by atoms with E-state index in [4.69, 9.17) is 0 Å². The molecule has 0 saturated heterocycles. The van der Waals surface area contributed by atoms with Crippen molar-refractivity contribution in [2.24, 2.45) is 0 Å². The molecule has 0 N–H and O–H groups in total. The van der Waals surface area contributed by atoms with Crippen molar-refractivity contribution in [3.63, 3.8) is 0 Å². The van der Waals surface area contributed by atoms with E-state index in [1.54, 1.807) is 30.3 Å². The number of benzene rings is 1. The summed E-state index contributed by atoms with van der Waals surface area (Å²) in [5.41, 5.74) is 1.86. The Bertz CT molecular complexity index is 927. The number of rotatable bonds is 5. The van der Waals surface area contributed by atoms with Gasteiger partial charge in [0.05, 0.1) is 11.4 Å². The maximum Gasteiger partial charge on any atom is 0.281 e. The van der Waals surface area contributed by atoms with Crippen molar-refractivity contribution in [1.29, 1.82) is 0 Å². The summed E-state index contributed by atoms with van der Waals surface area (Å²) in [6.45, 7) is 1.73. The van der Waals surface area contributed by atoms with Crippen LogP contribution in [0.2, 0.25) is 0 Å². The van der Waals surface area contributed by atoms with Crippen molar-refractivity contribution in [3.05, 3.63) is 53.7 Å². The number of thioether (sulfide) groups is 1. The van der Waals surface area contributed by atoms with Crippen LogP contribution >= 0.6 is 11.8 Å². The summed E-state index contributed by atoms with van der Waals surface area (Å²) >= 11 is 0.967. The number of anilines is 1. The normalized spacial score (nSPS) is 13.6. The molecule has 0 amide bonds. The third-order valence-corrected chi connectivity index (χ3v) is 6.40. The Morgan fingerprint density at radius 2 is 2.04 bits per heavy atom. The number of carbonyl (C=O) groups is 2. The molecule has 25 heavy (non-hydrogen) atoms. The average Bonchev–Trinajstić information content (AvgIpc) is 3.04. The summed E-state index contributed by atoms with van der Waals surface area (Å²) < 4.78 is 26.8. The van der Waals surface area contributed by atoms with Crippen molar-refractivity contribution in [3.8, 4) is 0 Å². The molecule has 1 aliphatic rings. The second-order valence-corrected chi connectivity index (χ2v) is 8.50. The topological polar surface area (TPSA) is 84.4 Å². The SMILES string of the molecule is CC(=O)SCC(=O)c1ccc2c(c1)CCN2S(=O)(=O)c1ccccn1. The second-order valence-electron chi connectivity index (χ2n) is 5.54.